The van der Waals surface area contributed by atoms with Crippen LogP contribution in [-0.4, -0.2) is 17.5 Å². The van der Waals surface area contributed by atoms with Crippen molar-refractivity contribution in [3.05, 3.63) is 33.9 Å². The molecule has 1 aromatic carbocycles. The Morgan fingerprint density at radius 1 is 1.56 bits per heavy atom. The lowest BCUT2D eigenvalue weighted by molar-refractivity contribution is -0.384. The van der Waals surface area contributed by atoms with E-state index in [4.69, 9.17) is 5.73 Å². The molecule has 0 aromatic heterocycles. The van der Waals surface area contributed by atoms with Gasteiger partial charge in [-0.3, -0.25) is 10.1 Å². The summed E-state index contributed by atoms with van der Waals surface area (Å²) in [6.07, 6.45) is 0. The second-order valence-electron chi connectivity index (χ2n) is 3.37. The van der Waals surface area contributed by atoms with E-state index in [0.717, 1.165) is 6.07 Å². The number of anilines is 1. The zero-order valence-electron chi connectivity index (χ0n) is 8.54. The Morgan fingerprint density at radius 3 is 2.69 bits per heavy atom. The molecule has 1 rings (SSSR count). The van der Waals surface area contributed by atoms with E-state index in [1.807, 2.05) is 0 Å². The standard InChI is InChI=1S/C9H11F2N3O2/c1-5(12)4-13-9-7(14(15)16)3-2-6(10)8(9)11/h2-3,5,13H,4,12H2,1H3. The topological polar surface area (TPSA) is 81.2 Å². The summed E-state index contributed by atoms with van der Waals surface area (Å²) in [6, 6.07) is 1.29. The molecule has 0 spiro atoms. The van der Waals surface area contributed by atoms with Gasteiger partial charge in [0.05, 0.1) is 4.92 Å². The van der Waals surface area contributed by atoms with Crippen molar-refractivity contribution in [1.82, 2.24) is 0 Å². The fourth-order valence-electron chi connectivity index (χ4n) is 1.12. The highest BCUT2D eigenvalue weighted by atomic mass is 19.2. The fourth-order valence-corrected chi connectivity index (χ4v) is 1.12. The number of benzene rings is 1. The normalized spacial score (nSPS) is 12.2. The molecule has 5 nitrogen and oxygen atoms in total. The summed E-state index contributed by atoms with van der Waals surface area (Å²) in [5.41, 5.74) is 4.42. The maximum Gasteiger partial charge on any atom is 0.295 e. The Hall–Kier alpha value is -1.76. The van der Waals surface area contributed by atoms with Gasteiger partial charge in [-0.1, -0.05) is 0 Å². The molecule has 16 heavy (non-hydrogen) atoms. The van der Waals surface area contributed by atoms with Crippen LogP contribution in [0.2, 0.25) is 0 Å². The fraction of sp³-hybridized carbons (Fsp3) is 0.333. The molecule has 0 fully saturated rings. The van der Waals surface area contributed by atoms with Gasteiger partial charge < -0.3 is 11.1 Å². The molecule has 0 amide bonds. The Kier molecular flexibility index (Phi) is 3.73. The highest BCUT2D eigenvalue weighted by Crippen LogP contribution is 2.28. The molecule has 3 N–H and O–H groups in total. The van der Waals surface area contributed by atoms with Crippen molar-refractivity contribution in [3.63, 3.8) is 0 Å². The SMILES string of the molecule is CC(N)CNc1c([N+](=O)[O-])ccc(F)c1F. The number of rotatable bonds is 4. The molecular weight excluding hydrogens is 220 g/mol. The van der Waals surface area contributed by atoms with E-state index in [1.165, 1.54) is 0 Å². The van der Waals surface area contributed by atoms with Gasteiger partial charge in [-0.05, 0) is 13.0 Å². The van der Waals surface area contributed by atoms with Gasteiger partial charge in [0.2, 0.25) is 0 Å². The lowest BCUT2D eigenvalue weighted by atomic mass is 10.2. The molecule has 0 heterocycles. The number of nitrogens with one attached hydrogen (secondary N) is 1. The summed E-state index contributed by atoms with van der Waals surface area (Å²) >= 11 is 0. The average Bonchev–Trinajstić information content (AvgIpc) is 2.19. The Balaban J connectivity index is 3.11. The molecule has 0 bridgehead atoms. The molecule has 0 aliphatic heterocycles. The van der Waals surface area contributed by atoms with Gasteiger partial charge in [0.1, 0.15) is 0 Å². The van der Waals surface area contributed by atoms with E-state index in [1.54, 1.807) is 6.92 Å². The first-order valence-corrected chi connectivity index (χ1v) is 4.55. The second kappa shape index (κ2) is 4.84. The number of nitrogens with two attached hydrogens (primary N) is 1. The molecule has 1 aromatic rings. The number of nitro benzene ring substituents is 1. The number of hydrogen-bond acceptors (Lipinski definition) is 4. The van der Waals surface area contributed by atoms with Crippen LogP contribution >= 0.6 is 0 Å². The van der Waals surface area contributed by atoms with Gasteiger partial charge in [-0.15, -0.1) is 0 Å². The van der Waals surface area contributed by atoms with Crippen molar-refractivity contribution in [2.24, 2.45) is 5.73 Å². The lowest BCUT2D eigenvalue weighted by Crippen LogP contribution is -2.26. The molecular formula is C9H11F2N3O2. The zero-order chi connectivity index (χ0) is 12.3. The number of hydrogen-bond donors (Lipinski definition) is 2. The van der Waals surface area contributed by atoms with Gasteiger partial charge >= 0.3 is 0 Å². The van der Waals surface area contributed by atoms with E-state index in [0.29, 0.717) is 6.07 Å². The first kappa shape index (κ1) is 12.3. The van der Waals surface area contributed by atoms with Gasteiger partial charge in [0, 0.05) is 18.7 Å². The van der Waals surface area contributed by atoms with Crippen LogP contribution in [0.4, 0.5) is 20.2 Å². The summed E-state index contributed by atoms with van der Waals surface area (Å²) in [7, 11) is 0. The van der Waals surface area contributed by atoms with Crippen LogP contribution in [0, 0.1) is 21.7 Å². The van der Waals surface area contributed by atoms with E-state index >= 15 is 0 Å². The summed E-state index contributed by atoms with van der Waals surface area (Å²) in [5.74, 6) is -2.41. The van der Waals surface area contributed by atoms with Crippen molar-refractivity contribution in [1.29, 1.82) is 0 Å². The van der Waals surface area contributed by atoms with Crippen LogP contribution in [0.3, 0.4) is 0 Å². The average molecular weight is 231 g/mol. The quantitative estimate of drug-likeness (QED) is 0.609. The Morgan fingerprint density at radius 2 is 2.19 bits per heavy atom. The van der Waals surface area contributed by atoms with Crippen molar-refractivity contribution in [2.45, 2.75) is 13.0 Å². The highest BCUT2D eigenvalue weighted by Gasteiger charge is 2.21. The van der Waals surface area contributed by atoms with Crippen molar-refractivity contribution < 1.29 is 13.7 Å². The summed E-state index contributed by atoms with van der Waals surface area (Å²) in [5, 5.41) is 13.0. The number of halogens is 2. The maximum absolute atomic E-state index is 13.3. The first-order chi connectivity index (χ1) is 7.43. The molecule has 0 radical (unpaired) electrons. The molecule has 0 aliphatic rings. The number of nitro groups is 1. The van der Waals surface area contributed by atoms with Crippen LogP contribution < -0.4 is 11.1 Å². The summed E-state index contributed by atoms with van der Waals surface area (Å²) in [6.45, 7) is 1.75. The molecule has 1 atom stereocenters. The van der Waals surface area contributed by atoms with Crippen LogP contribution in [0.1, 0.15) is 6.92 Å². The van der Waals surface area contributed by atoms with Crippen LogP contribution in [0.5, 0.6) is 0 Å². The highest BCUT2D eigenvalue weighted by molar-refractivity contribution is 5.62. The third-order valence-corrected chi connectivity index (χ3v) is 1.87. The third kappa shape index (κ3) is 2.63. The Bertz CT molecular complexity index is 410. The number of nitrogens with zero attached hydrogens (tertiary/aromatic N) is 1. The van der Waals surface area contributed by atoms with Crippen LogP contribution in [0.15, 0.2) is 12.1 Å². The monoisotopic (exact) mass is 231 g/mol. The van der Waals surface area contributed by atoms with Gasteiger partial charge in [-0.25, -0.2) is 8.78 Å². The molecule has 1 unspecified atom stereocenters. The van der Waals surface area contributed by atoms with Crippen LogP contribution in [-0.2, 0) is 0 Å². The predicted molar refractivity (Wildman–Crippen MR) is 55.2 cm³/mol. The molecule has 0 aliphatic carbocycles. The minimum Gasteiger partial charge on any atom is -0.375 e. The van der Waals surface area contributed by atoms with Gasteiger partial charge in [0.25, 0.3) is 5.69 Å². The lowest BCUT2D eigenvalue weighted by Gasteiger charge is -2.10. The summed E-state index contributed by atoms with van der Waals surface area (Å²) in [4.78, 5) is 9.79. The van der Waals surface area contributed by atoms with Crippen LogP contribution in [0.25, 0.3) is 0 Å². The zero-order valence-corrected chi connectivity index (χ0v) is 8.54. The predicted octanol–water partition coefficient (Wildman–Crippen LogP) is 1.63. The second-order valence-corrected chi connectivity index (χ2v) is 3.37. The molecule has 7 heteroatoms. The Labute approximate surface area is 90.4 Å². The van der Waals surface area contributed by atoms with Crippen molar-refractivity contribution in [2.75, 3.05) is 11.9 Å². The molecule has 0 saturated heterocycles. The van der Waals surface area contributed by atoms with Gasteiger partial charge in [-0.2, -0.15) is 0 Å². The molecule has 0 saturated carbocycles. The third-order valence-electron chi connectivity index (χ3n) is 1.87. The van der Waals surface area contributed by atoms with E-state index < -0.39 is 27.9 Å². The van der Waals surface area contributed by atoms with E-state index in [2.05, 4.69) is 5.32 Å². The smallest absolute Gasteiger partial charge is 0.295 e. The largest absolute Gasteiger partial charge is 0.375 e. The maximum atomic E-state index is 13.3. The minimum absolute atomic E-state index is 0.112. The van der Waals surface area contributed by atoms with E-state index in [9.17, 15) is 18.9 Å². The summed E-state index contributed by atoms with van der Waals surface area (Å²) < 4.78 is 26.2. The van der Waals surface area contributed by atoms with Gasteiger partial charge in [0.15, 0.2) is 17.3 Å². The van der Waals surface area contributed by atoms with E-state index in [-0.39, 0.29) is 12.6 Å². The first-order valence-electron chi connectivity index (χ1n) is 4.55. The molecule has 88 valence electrons. The minimum atomic E-state index is -1.27. The van der Waals surface area contributed by atoms with Crippen molar-refractivity contribution >= 4 is 11.4 Å². The van der Waals surface area contributed by atoms with Crippen molar-refractivity contribution in [3.8, 4) is 0 Å².